The molecule has 0 saturated carbocycles. The van der Waals surface area contributed by atoms with Crippen LogP contribution in [0, 0.1) is 6.92 Å². The van der Waals surface area contributed by atoms with E-state index in [0.717, 1.165) is 5.69 Å². The monoisotopic (exact) mass is 222 g/mol. The van der Waals surface area contributed by atoms with Gasteiger partial charge in [0.05, 0.1) is 24.1 Å². The normalized spacial score (nSPS) is 15.4. The molecule has 2 rings (SSSR count). The number of aliphatic carboxylic acids is 1. The van der Waals surface area contributed by atoms with Gasteiger partial charge in [-0.05, 0) is 6.92 Å². The van der Waals surface area contributed by atoms with Crippen LogP contribution >= 0.6 is 0 Å². The average molecular weight is 222 g/mol. The molecule has 6 nitrogen and oxygen atoms in total. The summed E-state index contributed by atoms with van der Waals surface area (Å²) in [7, 11) is 0. The van der Waals surface area contributed by atoms with Crippen LogP contribution in [0.5, 0.6) is 0 Å². The number of carboxylic acids is 1. The highest BCUT2D eigenvalue weighted by Gasteiger charge is 2.26. The number of carboxylic acid groups (broad SMARTS) is 1. The first-order valence-corrected chi connectivity index (χ1v) is 4.72. The van der Waals surface area contributed by atoms with Crippen LogP contribution in [0.3, 0.4) is 0 Å². The molecule has 1 aromatic heterocycles. The van der Waals surface area contributed by atoms with E-state index in [2.05, 4.69) is 10.3 Å². The summed E-state index contributed by atoms with van der Waals surface area (Å²) in [6.07, 6.45) is 1.58. The van der Waals surface area contributed by atoms with Gasteiger partial charge in [-0.25, -0.2) is 9.78 Å². The first-order chi connectivity index (χ1) is 7.56. The predicted molar refractivity (Wildman–Crippen MR) is 52.4 cm³/mol. The summed E-state index contributed by atoms with van der Waals surface area (Å²) >= 11 is 0. The van der Waals surface area contributed by atoms with E-state index in [0.29, 0.717) is 11.6 Å². The number of carbonyl (C=O) groups is 2. The van der Waals surface area contributed by atoms with Gasteiger partial charge < -0.3 is 14.8 Å². The Hall–Kier alpha value is -2.11. The Morgan fingerprint density at radius 2 is 2.44 bits per heavy atom. The predicted octanol–water partition coefficient (Wildman–Crippen LogP) is 0.384. The fourth-order valence-electron chi connectivity index (χ4n) is 1.55. The zero-order valence-electron chi connectivity index (χ0n) is 8.61. The Bertz CT molecular complexity index is 487. The zero-order valence-corrected chi connectivity index (χ0v) is 8.61. The van der Waals surface area contributed by atoms with Crippen LogP contribution in [0.15, 0.2) is 22.0 Å². The van der Waals surface area contributed by atoms with Crippen LogP contribution in [0.2, 0.25) is 0 Å². The van der Waals surface area contributed by atoms with Gasteiger partial charge in [0.25, 0.3) is 0 Å². The van der Waals surface area contributed by atoms with E-state index >= 15 is 0 Å². The molecule has 16 heavy (non-hydrogen) atoms. The van der Waals surface area contributed by atoms with Crippen LogP contribution in [-0.4, -0.2) is 22.0 Å². The van der Waals surface area contributed by atoms with Gasteiger partial charge in [-0.2, -0.15) is 0 Å². The maximum Gasteiger partial charge on any atom is 0.333 e. The molecular formula is C10H10N2O4. The van der Waals surface area contributed by atoms with Crippen molar-refractivity contribution in [1.82, 2.24) is 10.3 Å². The molecule has 1 aliphatic heterocycles. The van der Waals surface area contributed by atoms with Crippen molar-refractivity contribution in [1.29, 1.82) is 0 Å². The van der Waals surface area contributed by atoms with Gasteiger partial charge in [-0.1, -0.05) is 0 Å². The number of nitrogens with zero attached hydrogens (tertiary/aromatic N) is 1. The van der Waals surface area contributed by atoms with Crippen molar-refractivity contribution in [2.24, 2.45) is 0 Å². The average Bonchev–Trinajstić information content (AvgIpc) is 2.74. The lowest BCUT2D eigenvalue weighted by Gasteiger charge is -2.00. The zero-order chi connectivity index (χ0) is 11.7. The largest absolute Gasteiger partial charge is 0.478 e. The highest BCUT2D eigenvalue weighted by molar-refractivity contribution is 5.99. The fraction of sp³-hybridized carbons (Fsp3) is 0.300. The summed E-state index contributed by atoms with van der Waals surface area (Å²) in [6.45, 7) is 1.77. The van der Waals surface area contributed by atoms with Gasteiger partial charge in [0.2, 0.25) is 5.91 Å². The Morgan fingerprint density at radius 1 is 1.69 bits per heavy atom. The second-order valence-corrected chi connectivity index (χ2v) is 3.55. The van der Waals surface area contributed by atoms with Crippen molar-refractivity contribution in [3.8, 4) is 0 Å². The van der Waals surface area contributed by atoms with E-state index in [1.165, 1.54) is 6.26 Å². The van der Waals surface area contributed by atoms with Gasteiger partial charge in [0.15, 0.2) is 5.89 Å². The molecule has 6 heteroatoms. The van der Waals surface area contributed by atoms with E-state index in [1.54, 1.807) is 6.92 Å². The third-order valence-corrected chi connectivity index (χ3v) is 2.24. The number of hydrogen-bond acceptors (Lipinski definition) is 4. The number of aryl methyl sites for hydroxylation is 1. The van der Waals surface area contributed by atoms with Gasteiger partial charge in [-0.3, -0.25) is 4.79 Å². The van der Waals surface area contributed by atoms with Crippen molar-refractivity contribution >= 4 is 11.9 Å². The fourth-order valence-corrected chi connectivity index (χ4v) is 1.55. The molecule has 0 fully saturated rings. The summed E-state index contributed by atoms with van der Waals surface area (Å²) in [5.74, 6) is -0.999. The smallest absolute Gasteiger partial charge is 0.333 e. The molecule has 2 N–H and O–H groups in total. The van der Waals surface area contributed by atoms with Crippen molar-refractivity contribution in [2.75, 3.05) is 0 Å². The van der Waals surface area contributed by atoms with Crippen molar-refractivity contribution < 1.29 is 19.1 Å². The minimum Gasteiger partial charge on any atom is -0.478 e. The summed E-state index contributed by atoms with van der Waals surface area (Å²) in [5, 5.41) is 11.4. The first kappa shape index (κ1) is 10.4. The van der Waals surface area contributed by atoms with Crippen LogP contribution in [0.25, 0.3) is 0 Å². The number of amides is 1. The van der Waals surface area contributed by atoms with Gasteiger partial charge >= 0.3 is 5.97 Å². The Morgan fingerprint density at radius 3 is 3.00 bits per heavy atom. The summed E-state index contributed by atoms with van der Waals surface area (Å²) in [6, 6.07) is 0. The number of allylic oxidation sites excluding steroid dienone is 1. The summed E-state index contributed by atoms with van der Waals surface area (Å²) < 4.78 is 5.10. The van der Waals surface area contributed by atoms with Gasteiger partial charge in [0, 0.05) is 5.70 Å². The van der Waals surface area contributed by atoms with E-state index in [-0.39, 0.29) is 24.3 Å². The molecule has 1 amide bonds. The molecule has 84 valence electrons. The molecule has 0 spiro atoms. The minimum atomic E-state index is -1.09. The van der Waals surface area contributed by atoms with E-state index in [9.17, 15) is 9.59 Å². The second-order valence-electron chi connectivity index (χ2n) is 3.55. The van der Waals surface area contributed by atoms with Crippen LogP contribution in [0.1, 0.15) is 18.0 Å². The molecule has 0 aliphatic carbocycles. The molecule has 1 aliphatic rings. The number of nitrogens with one attached hydrogen (secondary N) is 1. The summed E-state index contributed by atoms with van der Waals surface area (Å²) in [5.41, 5.74) is 1.16. The second kappa shape index (κ2) is 3.80. The van der Waals surface area contributed by atoms with Crippen molar-refractivity contribution in [3.05, 3.63) is 29.1 Å². The van der Waals surface area contributed by atoms with Crippen LogP contribution in [0.4, 0.5) is 0 Å². The molecule has 1 aromatic rings. The number of carbonyl (C=O) groups excluding carboxylic acids is 1. The number of rotatable bonds is 3. The third kappa shape index (κ3) is 1.95. The molecule has 0 radical (unpaired) electrons. The van der Waals surface area contributed by atoms with Crippen LogP contribution in [-0.2, 0) is 16.0 Å². The Kier molecular flexibility index (Phi) is 2.47. The molecule has 0 atom stereocenters. The Labute approximate surface area is 91.0 Å². The Balaban J connectivity index is 2.22. The van der Waals surface area contributed by atoms with E-state index in [4.69, 9.17) is 9.52 Å². The molecule has 0 unspecified atom stereocenters. The lowest BCUT2D eigenvalue weighted by atomic mass is 10.1. The van der Waals surface area contributed by atoms with Gasteiger partial charge in [0.1, 0.15) is 6.26 Å². The number of aromatic nitrogens is 1. The third-order valence-electron chi connectivity index (χ3n) is 2.24. The number of oxazole rings is 1. The van der Waals surface area contributed by atoms with Crippen LogP contribution < -0.4 is 5.32 Å². The first-order valence-electron chi connectivity index (χ1n) is 4.72. The van der Waals surface area contributed by atoms with E-state index in [1.807, 2.05) is 0 Å². The minimum absolute atomic E-state index is 0.0841. The molecule has 0 saturated heterocycles. The lowest BCUT2D eigenvalue weighted by Crippen LogP contribution is -2.16. The van der Waals surface area contributed by atoms with Crippen molar-refractivity contribution in [2.45, 2.75) is 19.8 Å². The van der Waals surface area contributed by atoms with Gasteiger partial charge in [-0.15, -0.1) is 0 Å². The topological polar surface area (TPSA) is 92.4 Å². The standard InChI is InChI=1S/C10H10N2O4/c1-5-4-16-9(11-5)3-7-6(10(14)15)2-8(13)12-7/h4H,2-3H2,1H3,(H,12,13)(H,14,15). The molecule has 0 bridgehead atoms. The van der Waals surface area contributed by atoms with E-state index < -0.39 is 5.97 Å². The quantitative estimate of drug-likeness (QED) is 0.771. The molecule has 0 aromatic carbocycles. The maximum absolute atomic E-state index is 11.1. The summed E-state index contributed by atoms with van der Waals surface area (Å²) in [4.78, 5) is 26.0. The highest BCUT2D eigenvalue weighted by atomic mass is 16.4. The molecular weight excluding hydrogens is 212 g/mol. The number of hydrogen-bond donors (Lipinski definition) is 2. The maximum atomic E-state index is 11.1. The lowest BCUT2D eigenvalue weighted by molar-refractivity contribution is -0.133. The van der Waals surface area contributed by atoms with Crippen molar-refractivity contribution in [3.63, 3.8) is 0 Å². The SMILES string of the molecule is Cc1coc(CC2=C(C(=O)O)CC(=O)N2)n1. The highest BCUT2D eigenvalue weighted by Crippen LogP contribution is 2.18. The molecule has 2 heterocycles.